The fourth-order valence-corrected chi connectivity index (χ4v) is 7.27. The lowest BCUT2D eigenvalue weighted by Crippen LogP contribution is -2.27. The standard InChI is InChI=1S/C27H26N2O4S2/c1-15-7-6-8-18(11-15)14-28-24(30)22(35-27(28)33)13-19-12-16(2)29(17(19)3)25-23(26(31)32)20-9-4-5-10-21(20)34-25/h6-8,11-13H,4-5,9-10,14H2,1-3H3,(H,31,32)/b22-13-. The number of nitrogens with zero attached hydrogens (tertiary/aromatic N) is 2. The predicted molar refractivity (Wildman–Crippen MR) is 139 cm³/mol. The Morgan fingerprint density at radius 1 is 1.11 bits per heavy atom. The van der Waals surface area contributed by atoms with Crippen LogP contribution in [0.3, 0.4) is 0 Å². The number of aromatic nitrogens is 1. The molecule has 1 aliphatic heterocycles. The van der Waals surface area contributed by atoms with E-state index in [4.69, 9.17) is 0 Å². The molecule has 3 aromatic rings. The van der Waals surface area contributed by atoms with Gasteiger partial charge in [0.05, 0.1) is 17.0 Å². The summed E-state index contributed by atoms with van der Waals surface area (Å²) in [5, 5.41) is 10.5. The topological polar surface area (TPSA) is 79.6 Å². The van der Waals surface area contributed by atoms with Gasteiger partial charge in [0.25, 0.3) is 11.1 Å². The number of rotatable bonds is 5. The molecule has 35 heavy (non-hydrogen) atoms. The highest BCUT2D eigenvalue weighted by Gasteiger charge is 2.35. The molecule has 180 valence electrons. The van der Waals surface area contributed by atoms with Crippen LogP contribution >= 0.6 is 23.1 Å². The number of carbonyl (C=O) groups excluding carboxylic acids is 2. The number of carboxylic acid groups (broad SMARTS) is 1. The van der Waals surface area contributed by atoms with Crippen molar-refractivity contribution in [2.75, 3.05) is 0 Å². The molecule has 0 radical (unpaired) electrons. The number of thioether (sulfide) groups is 1. The average molecular weight is 507 g/mol. The van der Waals surface area contributed by atoms with Gasteiger partial charge in [-0.3, -0.25) is 14.5 Å². The number of carboxylic acids is 1. The first-order chi connectivity index (χ1) is 16.7. The largest absolute Gasteiger partial charge is 0.478 e. The fraction of sp³-hybridized carbons (Fsp3) is 0.296. The van der Waals surface area contributed by atoms with Crippen molar-refractivity contribution in [2.45, 2.75) is 53.0 Å². The van der Waals surface area contributed by atoms with Gasteiger partial charge in [0.1, 0.15) is 5.00 Å². The van der Waals surface area contributed by atoms with Crippen molar-refractivity contribution >= 4 is 46.3 Å². The summed E-state index contributed by atoms with van der Waals surface area (Å²) in [6, 6.07) is 9.73. The maximum Gasteiger partial charge on any atom is 0.339 e. The zero-order valence-electron chi connectivity index (χ0n) is 19.9. The third-order valence-electron chi connectivity index (χ3n) is 6.62. The third-order valence-corrected chi connectivity index (χ3v) is 8.81. The van der Waals surface area contributed by atoms with Crippen molar-refractivity contribution < 1.29 is 19.5 Å². The molecule has 0 spiro atoms. The first-order valence-electron chi connectivity index (χ1n) is 11.6. The normalized spacial score (nSPS) is 16.9. The van der Waals surface area contributed by atoms with Gasteiger partial charge in [-0.05, 0) is 87.0 Å². The maximum atomic E-state index is 13.1. The van der Waals surface area contributed by atoms with Crippen molar-refractivity contribution in [1.82, 2.24) is 9.47 Å². The van der Waals surface area contributed by atoms with Crippen LogP contribution < -0.4 is 0 Å². The highest BCUT2D eigenvalue weighted by Crippen LogP contribution is 2.40. The van der Waals surface area contributed by atoms with E-state index in [1.165, 1.54) is 4.90 Å². The summed E-state index contributed by atoms with van der Waals surface area (Å²) in [6.07, 6.45) is 5.57. The van der Waals surface area contributed by atoms with E-state index in [1.807, 2.05) is 55.7 Å². The van der Waals surface area contributed by atoms with E-state index in [1.54, 1.807) is 17.4 Å². The number of imide groups is 1. The zero-order valence-corrected chi connectivity index (χ0v) is 21.5. The molecular weight excluding hydrogens is 480 g/mol. The van der Waals surface area contributed by atoms with E-state index >= 15 is 0 Å². The highest BCUT2D eigenvalue weighted by molar-refractivity contribution is 8.18. The fourth-order valence-electron chi connectivity index (χ4n) is 4.95. The molecule has 2 amide bonds. The van der Waals surface area contributed by atoms with Crippen LogP contribution in [0.25, 0.3) is 11.1 Å². The van der Waals surface area contributed by atoms with E-state index in [0.29, 0.717) is 10.5 Å². The van der Waals surface area contributed by atoms with Crippen molar-refractivity contribution in [3.8, 4) is 5.00 Å². The van der Waals surface area contributed by atoms with Gasteiger partial charge < -0.3 is 9.67 Å². The van der Waals surface area contributed by atoms with E-state index in [0.717, 1.165) is 81.0 Å². The summed E-state index contributed by atoms with van der Waals surface area (Å²) >= 11 is 2.51. The van der Waals surface area contributed by atoms with Crippen molar-refractivity contribution in [1.29, 1.82) is 0 Å². The van der Waals surface area contributed by atoms with Gasteiger partial charge in [-0.2, -0.15) is 0 Å². The Labute approximate surface area is 212 Å². The van der Waals surface area contributed by atoms with Crippen LogP contribution in [0, 0.1) is 20.8 Å². The summed E-state index contributed by atoms with van der Waals surface area (Å²) in [4.78, 5) is 40.8. The number of hydrogen-bond donors (Lipinski definition) is 1. The van der Waals surface area contributed by atoms with Gasteiger partial charge in [0, 0.05) is 16.3 Å². The Bertz CT molecular complexity index is 1410. The van der Waals surface area contributed by atoms with Gasteiger partial charge in [-0.15, -0.1) is 11.3 Å². The molecule has 3 heterocycles. The molecule has 6 nitrogen and oxygen atoms in total. The van der Waals surface area contributed by atoms with E-state index < -0.39 is 5.97 Å². The maximum absolute atomic E-state index is 13.1. The Morgan fingerprint density at radius 2 is 1.89 bits per heavy atom. The summed E-state index contributed by atoms with van der Waals surface area (Å²) in [6.45, 7) is 6.09. The predicted octanol–water partition coefficient (Wildman–Crippen LogP) is 6.28. The summed E-state index contributed by atoms with van der Waals surface area (Å²) in [7, 11) is 0. The number of carbonyl (C=O) groups is 3. The van der Waals surface area contributed by atoms with Gasteiger partial charge in [-0.25, -0.2) is 4.79 Å². The molecule has 1 fully saturated rings. The Balaban J connectivity index is 1.49. The zero-order chi connectivity index (χ0) is 24.9. The number of aryl methyl sites for hydroxylation is 3. The molecule has 5 rings (SSSR count). The molecule has 2 aromatic heterocycles. The van der Waals surface area contributed by atoms with Gasteiger partial charge >= 0.3 is 5.97 Å². The SMILES string of the molecule is Cc1cccc(CN2C(=O)S/C(=C\c3cc(C)n(-c4sc5c(c4C(=O)O)CCCC5)c3C)C2=O)c1. The third kappa shape index (κ3) is 4.25. The molecule has 8 heteroatoms. The lowest BCUT2D eigenvalue weighted by atomic mass is 9.95. The Kier molecular flexibility index (Phi) is 6.19. The molecule has 1 aliphatic carbocycles. The van der Waals surface area contributed by atoms with Gasteiger partial charge in [0.2, 0.25) is 0 Å². The second-order valence-corrected chi connectivity index (χ2v) is 11.2. The van der Waals surface area contributed by atoms with E-state index in [2.05, 4.69) is 0 Å². The molecule has 1 N–H and O–H groups in total. The van der Waals surface area contributed by atoms with Crippen LogP contribution in [-0.4, -0.2) is 31.7 Å². The van der Waals surface area contributed by atoms with Crippen LogP contribution in [0.1, 0.15) is 61.7 Å². The lowest BCUT2D eigenvalue weighted by molar-refractivity contribution is -0.123. The minimum absolute atomic E-state index is 0.241. The van der Waals surface area contributed by atoms with Crippen LogP contribution in [0.4, 0.5) is 4.79 Å². The van der Waals surface area contributed by atoms with Crippen molar-refractivity contribution in [2.24, 2.45) is 0 Å². The minimum atomic E-state index is -0.897. The van der Waals surface area contributed by atoms with Crippen LogP contribution in [0.5, 0.6) is 0 Å². The molecule has 2 aliphatic rings. The van der Waals surface area contributed by atoms with Crippen LogP contribution in [-0.2, 0) is 24.2 Å². The number of aromatic carboxylic acids is 1. The van der Waals surface area contributed by atoms with E-state index in [-0.39, 0.29) is 17.7 Å². The van der Waals surface area contributed by atoms with E-state index in [9.17, 15) is 19.5 Å². The lowest BCUT2D eigenvalue weighted by Gasteiger charge is -2.12. The van der Waals surface area contributed by atoms with Crippen molar-refractivity contribution in [3.63, 3.8) is 0 Å². The number of fused-ring (bicyclic) bond motifs is 1. The molecule has 0 bridgehead atoms. The highest BCUT2D eigenvalue weighted by atomic mass is 32.2. The second kappa shape index (κ2) is 9.17. The molecule has 0 saturated carbocycles. The minimum Gasteiger partial charge on any atom is -0.478 e. The first-order valence-corrected chi connectivity index (χ1v) is 13.3. The Morgan fingerprint density at radius 3 is 2.63 bits per heavy atom. The first kappa shape index (κ1) is 23.6. The molecule has 0 atom stereocenters. The number of amides is 2. The number of thiophene rings is 1. The molecule has 1 saturated heterocycles. The smallest absolute Gasteiger partial charge is 0.339 e. The van der Waals surface area contributed by atoms with Crippen LogP contribution in [0.2, 0.25) is 0 Å². The Hall–Kier alpha value is -3.10. The number of hydrogen-bond acceptors (Lipinski definition) is 5. The quantitative estimate of drug-likeness (QED) is 0.412. The average Bonchev–Trinajstić information content (AvgIpc) is 3.41. The summed E-state index contributed by atoms with van der Waals surface area (Å²) < 4.78 is 1.98. The van der Waals surface area contributed by atoms with Gasteiger partial charge in [0.15, 0.2) is 0 Å². The molecular formula is C27H26N2O4S2. The monoisotopic (exact) mass is 506 g/mol. The summed E-state index contributed by atoms with van der Waals surface area (Å²) in [5.74, 6) is -1.20. The van der Waals surface area contributed by atoms with Crippen molar-refractivity contribution in [3.05, 3.63) is 79.3 Å². The molecule has 0 unspecified atom stereocenters. The summed E-state index contributed by atoms with van der Waals surface area (Å²) in [5.41, 5.74) is 5.92. The van der Waals surface area contributed by atoms with Gasteiger partial charge in [-0.1, -0.05) is 29.8 Å². The number of benzene rings is 1. The van der Waals surface area contributed by atoms with Crippen LogP contribution in [0.15, 0.2) is 35.2 Å². The second-order valence-electron chi connectivity index (χ2n) is 9.11. The molecule has 1 aromatic carbocycles.